The van der Waals surface area contributed by atoms with Crippen LogP contribution < -0.4 is 5.32 Å². The first-order chi connectivity index (χ1) is 14.7. The van der Waals surface area contributed by atoms with Gasteiger partial charge in [-0.05, 0) is 79.5 Å². The summed E-state index contributed by atoms with van der Waals surface area (Å²) in [6.45, 7) is 2.28. The maximum absolute atomic E-state index is 12.5. The number of phenolic OH excluding ortho intramolecular Hbond substituents is 1. The second kappa shape index (κ2) is 6.36. The lowest BCUT2D eigenvalue weighted by molar-refractivity contribution is -0.151. The van der Waals surface area contributed by atoms with Crippen molar-refractivity contribution in [1.82, 2.24) is 10.2 Å². The summed E-state index contributed by atoms with van der Waals surface area (Å²) < 4.78 is 24.3. The number of allylic oxidation sites excluding steroid dienone is 2. The molecule has 0 spiro atoms. The third-order valence-electron chi connectivity index (χ3n) is 8.47. The van der Waals surface area contributed by atoms with E-state index < -0.39 is 20.9 Å². The summed E-state index contributed by atoms with van der Waals surface area (Å²) in [5.41, 5.74) is 2.81. The topological polar surface area (TPSA) is 89.9 Å². The number of benzene rings is 1. The second-order valence-corrected chi connectivity index (χ2v) is 12.4. The van der Waals surface area contributed by atoms with Crippen LogP contribution in [0.15, 0.2) is 40.5 Å². The Balaban J connectivity index is 1.50. The number of sulfone groups is 1. The van der Waals surface area contributed by atoms with Crippen molar-refractivity contribution in [2.75, 3.05) is 25.9 Å². The van der Waals surface area contributed by atoms with E-state index in [2.05, 4.69) is 10.2 Å². The standard InChI is InChI=1S/C24H30N2O4S/c1-31(29,30)19-8-17-11-24(28)22-9-16-4-5-18(27)10-20(16)23(24,12-21(17)25-13-19)6-7-26(22)14-15-2-3-15/h4-5,8,10,15,22,25,27-28H,2-3,6-7,9,11-14H2,1H3/t22-,23-,24-/m1/s1. The van der Waals surface area contributed by atoms with Crippen molar-refractivity contribution in [2.24, 2.45) is 5.92 Å². The molecule has 3 N–H and O–H groups in total. The van der Waals surface area contributed by atoms with Crippen molar-refractivity contribution >= 4 is 9.84 Å². The Bertz CT molecular complexity index is 1140. The van der Waals surface area contributed by atoms with Crippen LogP contribution in [0.4, 0.5) is 0 Å². The van der Waals surface area contributed by atoms with E-state index in [0.29, 0.717) is 24.3 Å². The average molecular weight is 443 g/mol. The van der Waals surface area contributed by atoms with Crippen LogP contribution in [-0.2, 0) is 21.7 Å². The molecule has 0 unspecified atom stereocenters. The van der Waals surface area contributed by atoms with Gasteiger partial charge in [-0.15, -0.1) is 0 Å². The largest absolute Gasteiger partial charge is 0.508 e. The molecule has 2 heterocycles. The molecule has 2 bridgehead atoms. The highest BCUT2D eigenvalue weighted by atomic mass is 32.2. The van der Waals surface area contributed by atoms with Crippen LogP contribution >= 0.6 is 0 Å². The highest BCUT2D eigenvalue weighted by Gasteiger charge is 2.64. The Hall–Kier alpha value is -1.83. The van der Waals surface area contributed by atoms with Gasteiger partial charge >= 0.3 is 0 Å². The average Bonchev–Trinajstić information content (AvgIpc) is 3.52. The van der Waals surface area contributed by atoms with Crippen LogP contribution in [0.2, 0.25) is 0 Å². The summed E-state index contributed by atoms with van der Waals surface area (Å²) in [6, 6.07) is 5.65. The van der Waals surface area contributed by atoms with Crippen LogP contribution in [0.5, 0.6) is 5.75 Å². The van der Waals surface area contributed by atoms with Gasteiger partial charge in [0.05, 0.1) is 17.1 Å². The lowest BCUT2D eigenvalue weighted by Crippen LogP contribution is -2.73. The number of hydrogen-bond acceptors (Lipinski definition) is 6. The predicted octanol–water partition coefficient (Wildman–Crippen LogP) is 1.98. The van der Waals surface area contributed by atoms with Crippen molar-refractivity contribution in [1.29, 1.82) is 0 Å². The van der Waals surface area contributed by atoms with Gasteiger partial charge in [0.2, 0.25) is 0 Å². The van der Waals surface area contributed by atoms with Crippen LogP contribution in [0, 0.1) is 5.92 Å². The maximum Gasteiger partial charge on any atom is 0.173 e. The van der Waals surface area contributed by atoms with Crippen molar-refractivity contribution in [2.45, 2.75) is 55.6 Å². The molecule has 1 saturated carbocycles. The highest BCUT2D eigenvalue weighted by Crippen LogP contribution is 2.60. The van der Waals surface area contributed by atoms with E-state index in [1.165, 1.54) is 24.7 Å². The number of hydrogen-bond donors (Lipinski definition) is 3. The summed E-state index contributed by atoms with van der Waals surface area (Å²) in [4.78, 5) is 2.88. The summed E-state index contributed by atoms with van der Waals surface area (Å²) in [5, 5.41) is 26.1. The van der Waals surface area contributed by atoms with Crippen molar-refractivity contribution in [3.05, 3.63) is 51.6 Å². The van der Waals surface area contributed by atoms with Gasteiger partial charge in [0, 0.05) is 36.4 Å². The molecule has 0 aromatic heterocycles. The van der Waals surface area contributed by atoms with E-state index in [1.54, 1.807) is 12.1 Å². The molecular formula is C24H30N2O4S. The number of nitrogens with one attached hydrogen (secondary N) is 1. The van der Waals surface area contributed by atoms with E-state index >= 15 is 0 Å². The van der Waals surface area contributed by atoms with Gasteiger partial charge in [-0.2, -0.15) is 0 Å². The maximum atomic E-state index is 12.5. The Morgan fingerprint density at radius 2 is 2.06 bits per heavy atom. The molecule has 1 aromatic carbocycles. The molecule has 0 amide bonds. The zero-order valence-corrected chi connectivity index (χ0v) is 18.7. The van der Waals surface area contributed by atoms with Crippen molar-refractivity contribution in [3.63, 3.8) is 0 Å². The summed E-state index contributed by atoms with van der Waals surface area (Å²) in [6.07, 6.45) is 8.28. The smallest absolute Gasteiger partial charge is 0.173 e. The molecule has 2 aliphatic heterocycles. The quantitative estimate of drug-likeness (QED) is 0.663. The Morgan fingerprint density at radius 3 is 2.81 bits per heavy atom. The minimum atomic E-state index is -3.28. The first kappa shape index (κ1) is 19.8. The lowest BCUT2D eigenvalue weighted by atomic mass is 9.49. The summed E-state index contributed by atoms with van der Waals surface area (Å²) in [7, 11) is -3.28. The molecule has 7 heteroatoms. The SMILES string of the molecule is CS(=O)(=O)C1=CC2=C(C[C@]34CCN(CC5CC5)[C@H](Cc5ccc(O)cc53)[C@]4(O)C2)NC1. The number of dihydropyridines is 1. The monoisotopic (exact) mass is 442 g/mol. The lowest BCUT2D eigenvalue weighted by Gasteiger charge is -2.64. The minimum absolute atomic E-state index is 0.00459. The molecule has 5 aliphatic rings. The number of aromatic hydroxyl groups is 1. The first-order valence-corrected chi connectivity index (χ1v) is 13.2. The fourth-order valence-corrected chi connectivity index (χ4v) is 7.36. The fourth-order valence-electron chi connectivity index (χ4n) is 6.67. The van der Waals surface area contributed by atoms with E-state index in [9.17, 15) is 18.6 Å². The molecule has 2 fully saturated rings. The van der Waals surface area contributed by atoms with Gasteiger partial charge in [0.25, 0.3) is 0 Å². The van der Waals surface area contributed by atoms with Gasteiger partial charge in [-0.3, -0.25) is 4.90 Å². The molecule has 6 rings (SSSR count). The minimum Gasteiger partial charge on any atom is -0.508 e. The number of piperidine rings is 1. The number of rotatable bonds is 3. The van der Waals surface area contributed by atoms with Gasteiger partial charge in [0.15, 0.2) is 9.84 Å². The molecule has 31 heavy (non-hydrogen) atoms. The summed E-state index contributed by atoms with van der Waals surface area (Å²) >= 11 is 0. The molecule has 0 radical (unpaired) electrons. The predicted molar refractivity (Wildman–Crippen MR) is 118 cm³/mol. The molecule has 166 valence electrons. The van der Waals surface area contributed by atoms with Gasteiger partial charge in [-0.1, -0.05) is 6.07 Å². The van der Waals surface area contributed by atoms with E-state index in [0.717, 1.165) is 48.7 Å². The molecule has 6 nitrogen and oxygen atoms in total. The van der Waals surface area contributed by atoms with Gasteiger partial charge in [0.1, 0.15) is 5.75 Å². The van der Waals surface area contributed by atoms with Crippen LogP contribution in [-0.4, -0.2) is 61.1 Å². The summed E-state index contributed by atoms with van der Waals surface area (Å²) in [5.74, 6) is 0.980. The first-order valence-electron chi connectivity index (χ1n) is 11.3. The Kier molecular flexibility index (Phi) is 4.07. The zero-order chi connectivity index (χ0) is 21.6. The number of fused-ring (bicyclic) bond motifs is 1. The van der Waals surface area contributed by atoms with E-state index in [1.807, 2.05) is 12.1 Å². The Labute approximate surface area is 183 Å². The third-order valence-corrected chi connectivity index (χ3v) is 9.69. The molecule has 3 atom stereocenters. The Morgan fingerprint density at radius 1 is 1.26 bits per heavy atom. The number of phenols is 1. The molecule has 1 aromatic rings. The number of aliphatic hydroxyl groups is 1. The van der Waals surface area contributed by atoms with Crippen molar-refractivity contribution in [3.8, 4) is 5.75 Å². The second-order valence-electron chi connectivity index (χ2n) is 10.3. The normalized spacial score (nSPS) is 34.9. The number of likely N-dealkylation sites (tertiary alicyclic amines) is 1. The van der Waals surface area contributed by atoms with Crippen LogP contribution in [0.1, 0.15) is 43.2 Å². The van der Waals surface area contributed by atoms with Crippen LogP contribution in [0.25, 0.3) is 0 Å². The van der Waals surface area contributed by atoms with E-state index in [-0.39, 0.29) is 11.8 Å². The van der Waals surface area contributed by atoms with Crippen LogP contribution in [0.3, 0.4) is 0 Å². The van der Waals surface area contributed by atoms with Gasteiger partial charge in [-0.25, -0.2) is 8.42 Å². The molecular weight excluding hydrogens is 412 g/mol. The molecule has 1 saturated heterocycles. The van der Waals surface area contributed by atoms with Crippen molar-refractivity contribution < 1.29 is 18.6 Å². The fraction of sp³-hybridized carbons (Fsp3) is 0.583. The van der Waals surface area contributed by atoms with E-state index in [4.69, 9.17) is 0 Å². The number of nitrogens with zero attached hydrogens (tertiary/aromatic N) is 1. The highest BCUT2D eigenvalue weighted by molar-refractivity contribution is 7.94. The van der Waals surface area contributed by atoms with Gasteiger partial charge < -0.3 is 15.5 Å². The third kappa shape index (κ3) is 2.86. The molecule has 3 aliphatic carbocycles. The zero-order valence-electron chi connectivity index (χ0n) is 17.9.